The van der Waals surface area contributed by atoms with E-state index >= 15 is 0 Å². The minimum atomic E-state index is -4.32. The van der Waals surface area contributed by atoms with Crippen LogP contribution in [0.3, 0.4) is 0 Å². The molecule has 1 aromatic heterocycles. The van der Waals surface area contributed by atoms with Crippen LogP contribution in [-0.2, 0) is 6.18 Å². The van der Waals surface area contributed by atoms with Crippen LogP contribution in [0.5, 0.6) is 0 Å². The van der Waals surface area contributed by atoms with Crippen molar-refractivity contribution in [3.63, 3.8) is 0 Å². The molecule has 0 aliphatic carbocycles. The zero-order valence-electron chi connectivity index (χ0n) is 7.32. The Morgan fingerprint density at radius 1 is 1.07 bits per heavy atom. The van der Waals surface area contributed by atoms with Crippen LogP contribution in [-0.4, -0.2) is 10.4 Å². The second kappa shape index (κ2) is 3.38. The fourth-order valence-corrected chi connectivity index (χ4v) is 1.12. The van der Waals surface area contributed by atoms with Gasteiger partial charge in [0.15, 0.2) is 6.26 Å². The third-order valence-corrected chi connectivity index (χ3v) is 1.87. The molecule has 6 heteroatoms. The molecule has 1 aromatic carbocycles. The molecule has 2 rings (SSSR count). The van der Waals surface area contributed by atoms with E-state index < -0.39 is 11.7 Å². The second-order valence-electron chi connectivity index (χ2n) is 2.87. The highest BCUT2D eigenvalue weighted by Crippen LogP contribution is 2.30. The van der Waals surface area contributed by atoms with Crippen molar-refractivity contribution in [3.05, 3.63) is 36.1 Å². The van der Waals surface area contributed by atoms with Crippen molar-refractivity contribution in [1.29, 1.82) is 0 Å². The zero-order valence-corrected chi connectivity index (χ0v) is 7.32. The summed E-state index contributed by atoms with van der Waals surface area (Å²) in [5.41, 5.74) is 0.246. The van der Waals surface area contributed by atoms with Gasteiger partial charge < -0.3 is 4.52 Å². The summed E-state index contributed by atoms with van der Waals surface area (Å²) in [6.45, 7) is 0. The van der Waals surface area contributed by atoms with Crippen LogP contribution in [0, 0.1) is 0 Å². The molecule has 2 aromatic rings. The molecular weight excluding hydrogens is 209 g/mol. The van der Waals surface area contributed by atoms with E-state index in [1.807, 2.05) is 0 Å². The molecule has 0 unspecified atom stereocenters. The lowest BCUT2D eigenvalue weighted by atomic mass is 10.1. The number of hydrogen-bond acceptors (Lipinski definition) is 3. The molecular formula is C9H5F3N2O. The summed E-state index contributed by atoms with van der Waals surface area (Å²) in [7, 11) is 0. The molecule has 0 saturated carbocycles. The molecule has 0 radical (unpaired) electrons. The van der Waals surface area contributed by atoms with Gasteiger partial charge in [-0.15, -0.1) is 5.10 Å². The molecule has 3 nitrogen and oxygen atoms in total. The molecule has 15 heavy (non-hydrogen) atoms. The normalized spacial score (nSPS) is 11.7. The van der Waals surface area contributed by atoms with Crippen LogP contribution < -0.4 is 0 Å². The van der Waals surface area contributed by atoms with Crippen molar-refractivity contribution in [1.82, 2.24) is 10.4 Å². The molecule has 0 N–H and O–H groups in total. The fraction of sp³-hybridized carbons (Fsp3) is 0.111. The maximum absolute atomic E-state index is 12.2. The van der Waals surface area contributed by atoms with Crippen molar-refractivity contribution in [3.8, 4) is 11.3 Å². The Labute approximate surface area is 82.5 Å². The number of rotatable bonds is 1. The summed E-state index contributed by atoms with van der Waals surface area (Å²) in [6.07, 6.45) is -3.05. The second-order valence-corrected chi connectivity index (χ2v) is 2.87. The van der Waals surface area contributed by atoms with Crippen LogP contribution in [0.1, 0.15) is 5.56 Å². The zero-order chi connectivity index (χ0) is 10.9. The van der Waals surface area contributed by atoms with E-state index in [0.717, 1.165) is 12.1 Å². The lowest BCUT2D eigenvalue weighted by Crippen LogP contribution is -2.03. The minimum Gasteiger partial charge on any atom is -0.345 e. The summed E-state index contributed by atoms with van der Waals surface area (Å²) < 4.78 is 41.1. The molecule has 0 spiro atoms. The maximum atomic E-state index is 12.2. The molecule has 78 valence electrons. The molecule has 0 fully saturated rings. The van der Waals surface area contributed by atoms with Crippen LogP contribution in [0.4, 0.5) is 13.2 Å². The Bertz CT molecular complexity index is 433. The highest BCUT2D eigenvalue weighted by Gasteiger charge is 2.30. The van der Waals surface area contributed by atoms with Gasteiger partial charge in [-0.25, -0.2) is 0 Å². The highest BCUT2D eigenvalue weighted by molar-refractivity contribution is 5.57. The first-order chi connectivity index (χ1) is 7.07. The van der Waals surface area contributed by atoms with Gasteiger partial charge in [-0.05, 0) is 12.1 Å². The van der Waals surface area contributed by atoms with Gasteiger partial charge in [-0.2, -0.15) is 13.2 Å². The molecule has 0 saturated heterocycles. The first-order valence-corrected chi connectivity index (χ1v) is 4.02. The third-order valence-electron chi connectivity index (χ3n) is 1.87. The average Bonchev–Trinajstić information content (AvgIpc) is 2.69. The summed E-state index contributed by atoms with van der Waals surface area (Å²) in [5.74, 6) is 0. The summed E-state index contributed by atoms with van der Waals surface area (Å²) in [5, 5.41) is 6.80. The van der Waals surface area contributed by atoms with Crippen LogP contribution >= 0.6 is 0 Å². The number of alkyl halides is 3. The van der Waals surface area contributed by atoms with Gasteiger partial charge in [0.1, 0.15) is 5.69 Å². The number of benzene rings is 1. The highest BCUT2D eigenvalue weighted by atomic mass is 19.4. The topological polar surface area (TPSA) is 38.9 Å². The van der Waals surface area contributed by atoms with Gasteiger partial charge in [0.25, 0.3) is 0 Å². The Morgan fingerprint density at radius 2 is 1.73 bits per heavy atom. The van der Waals surface area contributed by atoms with Gasteiger partial charge in [0.05, 0.1) is 5.56 Å². The largest absolute Gasteiger partial charge is 0.416 e. The van der Waals surface area contributed by atoms with Crippen LogP contribution in [0.25, 0.3) is 11.3 Å². The molecule has 0 aliphatic rings. The predicted molar refractivity (Wildman–Crippen MR) is 44.7 cm³/mol. The van der Waals surface area contributed by atoms with E-state index in [0.29, 0.717) is 11.3 Å². The van der Waals surface area contributed by atoms with Crippen molar-refractivity contribution in [2.24, 2.45) is 0 Å². The Hall–Kier alpha value is -1.85. The van der Waals surface area contributed by atoms with E-state index in [4.69, 9.17) is 0 Å². The van der Waals surface area contributed by atoms with E-state index in [2.05, 4.69) is 14.9 Å². The Kier molecular flexibility index (Phi) is 2.18. The molecule has 1 heterocycles. The van der Waals surface area contributed by atoms with Crippen LogP contribution in [0.2, 0.25) is 0 Å². The maximum Gasteiger partial charge on any atom is 0.416 e. The van der Waals surface area contributed by atoms with Gasteiger partial charge in [0.2, 0.25) is 0 Å². The minimum absolute atomic E-state index is 0.406. The summed E-state index contributed by atoms with van der Waals surface area (Å²) in [6, 6.07) is 4.62. The number of nitrogens with zero attached hydrogens (tertiary/aromatic N) is 2. The Morgan fingerprint density at radius 3 is 2.20 bits per heavy atom. The van der Waals surface area contributed by atoms with Gasteiger partial charge in [-0.1, -0.05) is 12.1 Å². The van der Waals surface area contributed by atoms with Crippen LogP contribution in [0.15, 0.2) is 35.1 Å². The summed E-state index contributed by atoms with van der Waals surface area (Å²) in [4.78, 5) is 0. The molecule has 0 amide bonds. The lowest BCUT2D eigenvalue weighted by Gasteiger charge is -2.05. The predicted octanol–water partition coefficient (Wildman–Crippen LogP) is 2.76. The summed E-state index contributed by atoms with van der Waals surface area (Å²) >= 11 is 0. The van der Waals surface area contributed by atoms with E-state index in [9.17, 15) is 13.2 Å². The van der Waals surface area contributed by atoms with Crippen molar-refractivity contribution in [2.75, 3.05) is 0 Å². The third kappa shape index (κ3) is 1.98. The molecule has 0 bridgehead atoms. The van der Waals surface area contributed by atoms with E-state index in [1.165, 1.54) is 18.4 Å². The first kappa shape index (κ1) is 9.70. The van der Waals surface area contributed by atoms with Crippen molar-refractivity contribution < 1.29 is 17.7 Å². The van der Waals surface area contributed by atoms with Gasteiger partial charge in [-0.3, -0.25) is 0 Å². The average molecular weight is 214 g/mol. The number of aromatic nitrogens is 2. The number of halogens is 3. The van der Waals surface area contributed by atoms with Crippen molar-refractivity contribution in [2.45, 2.75) is 6.18 Å². The first-order valence-electron chi connectivity index (χ1n) is 4.02. The fourth-order valence-electron chi connectivity index (χ4n) is 1.12. The van der Waals surface area contributed by atoms with E-state index in [1.54, 1.807) is 0 Å². The SMILES string of the molecule is FC(F)(F)c1ccc(-c2conn2)cc1. The standard InChI is InChI=1S/C9H5F3N2O/c10-9(11,12)7-3-1-6(2-4-7)8-5-15-14-13-8/h1-5H. The van der Waals surface area contributed by atoms with E-state index in [-0.39, 0.29) is 0 Å². The Balaban J connectivity index is 2.33. The molecule has 0 aliphatic heterocycles. The lowest BCUT2D eigenvalue weighted by molar-refractivity contribution is -0.137. The van der Waals surface area contributed by atoms with Crippen molar-refractivity contribution >= 4 is 0 Å². The van der Waals surface area contributed by atoms with Gasteiger partial charge >= 0.3 is 6.18 Å². The quantitative estimate of drug-likeness (QED) is 0.732. The molecule has 0 atom stereocenters. The smallest absolute Gasteiger partial charge is 0.345 e. The monoisotopic (exact) mass is 214 g/mol. The number of hydrogen-bond donors (Lipinski definition) is 0. The van der Waals surface area contributed by atoms with Gasteiger partial charge in [0, 0.05) is 10.8 Å².